The molecule has 0 unspecified atom stereocenters. The number of amides is 2. The van der Waals surface area contributed by atoms with Gasteiger partial charge in [-0.1, -0.05) is 18.2 Å². The Bertz CT molecular complexity index is 614. The van der Waals surface area contributed by atoms with Crippen LogP contribution in [0, 0.1) is 0 Å². The summed E-state index contributed by atoms with van der Waals surface area (Å²) in [5, 5.41) is 6.02. The molecule has 6 heteroatoms. The third-order valence-corrected chi connectivity index (χ3v) is 4.82. The second-order valence-corrected chi connectivity index (χ2v) is 6.42. The second kappa shape index (κ2) is 7.35. The lowest BCUT2D eigenvalue weighted by Gasteiger charge is -2.25. The summed E-state index contributed by atoms with van der Waals surface area (Å²) >= 11 is 1.86. The second-order valence-electron chi connectivity index (χ2n) is 5.28. The molecular formula is C16H20N4OS. The fraction of sp³-hybridized carbons (Fsp3) is 0.375. The number of rotatable bonds is 5. The van der Waals surface area contributed by atoms with Crippen molar-refractivity contribution in [3.8, 4) is 0 Å². The minimum Gasteiger partial charge on any atom is -0.338 e. The number of carbonyl (C=O) groups excluding carboxylic acids is 1. The Morgan fingerprint density at radius 3 is 3.18 bits per heavy atom. The van der Waals surface area contributed by atoms with E-state index in [1.54, 1.807) is 12.5 Å². The van der Waals surface area contributed by atoms with Crippen LogP contribution in [0.3, 0.4) is 0 Å². The number of hydrogen-bond acceptors (Lipinski definition) is 3. The van der Waals surface area contributed by atoms with Gasteiger partial charge in [0.2, 0.25) is 0 Å². The van der Waals surface area contributed by atoms with Gasteiger partial charge in [-0.2, -0.15) is 0 Å². The summed E-state index contributed by atoms with van der Waals surface area (Å²) in [6, 6.07) is 8.33. The number of aromatic nitrogens is 2. The van der Waals surface area contributed by atoms with Gasteiger partial charge in [0.15, 0.2) is 0 Å². The highest BCUT2D eigenvalue weighted by Gasteiger charge is 2.21. The number of benzene rings is 1. The lowest BCUT2D eigenvalue weighted by atomic mass is 10.0. The van der Waals surface area contributed by atoms with Crippen molar-refractivity contribution in [2.45, 2.75) is 30.3 Å². The Kier molecular flexibility index (Phi) is 5.00. The van der Waals surface area contributed by atoms with Crippen LogP contribution in [-0.2, 0) is 6.54 Å². The first kappa shape index (κ1) is 15.0. The molecule has 3 rings (SSSR count). The van der Waals surface area contributed by atoms with Crippen LogP contribution in [0.25, 0.3) is 0 Å². The van der Waals surface area contributed by atoms with Crippen LogP contribution in [0.4, 0.5) is 4.79 Å². The number of nitrogens with zero attached hydrogens (tertiary/aromatic N) is 2. The van der Waals surface area contributed by atoms with Crippen LogP contribution in [0.2, 0.25) is 0 Å². The predicted molar refractivity (Wildman–Crippen MR) is 87.9 cm³/mol. The first-order valence-corrected chi connectivity index (χ1v) is 8.53. The van der Waals surface area contributed by atoms with Gasteiger partial charge in [0, 0.05) is 36.1 Å². The van der Waals surface area contributed by atoms with E-state index in [0.717, 1.165) is 25.1 Å². The maximum atomic E-state index is 12.0. The van der Waals surface area contributed by atoms with Crippen LogP contribution in [-0.4, -0.2) is 27.9 Å². The number of imidazole rings is 1. The van der Waals surface area contributed by atoms with Crippen molar-refractivity contribution in [3.63, 3.8) is 0 Å². The molecule has 0 radical (unpaired) electrons. The molecule has 2 N–H and O–H groups in total. The zero-order chi connectivity index (χ0) is 15.2. The highest BCUT2D eigenvalue weighted by atomic mass is 32.2. The van der Waals surface area contributed by atoms with Gasteiger partial charge >= 0.3 is 6.03 Å². The van der Waals surface area contributed by atoms with Gasteiger partial charge < -0.3 is 15.2 Å². The molecule has 116 valence electrons. The van der Waals surface area contributed by atoms with E-state index < -0.39 is 0 Å². The van der Waals surface area contributed by atoms with E-state index in [9.17, 15) is 4.79 Å². The Morgan fingerprint density at radius 1 is 1.41 bits per heavy atom. The summed E-state index contributed by atoms with van der Waals surface area (Å²) in [5.74, 6) is 1.04. The SMILES string of the molecule is O=C(NCCCn1ccnc1)N[C@H]1CCSc2ccccc21. The topological polar surface area (TPSA) is 59.0 Å². The summed E-state index contributed by atoms with van der Waals surface area (Å²) in [6.45, 7) is 1.52. The van der Waals surface area contributed by atoms with Crippen LogP contribution in [0.15, 0.2) is 47.9 Å². The van der Waals surface area contributed by atoms with Gasteiger partial charge in [-0.25, -0.2) is 9.78 Å². The van der Waals surface area contributed by atoms with Crippen LogP contribution in [0.5, 0.6) is 0 Å². The Labute approximate surface area is 134 Å². The number of nitrogens with one attached hydrogen (secondary N) is 2. The molecule has 1 aliphatic rings. The monoisotopic (exact) mass is 316 g/mol. The number of hydrogen-bond donors (Lipinski definition) is 2. The van der Waals surface area contributed by atoms with Gasteiger partial charge in [-0.3, -0.25) is 0 Å². The maximum Gasteiger partial charge on any atom is 0.315 e. The number of urea groups is 1. The largest absolute Gasteiger partial charge is 0.338 e. The molecule has 0 spiro atoms. The minimum absolute atomic E-state index is 0.0858. The van der Waals surface area contributed by atoms with Crippen molar-refractivity contribution in [2.75, 3.05) is 12.3 Å². The fourth-order valence-corrected chi connectivity index (χ4v) is 3.71. The van der Waals surface area contributed by atoms with Crippen LogP contribution < -0.4 is 10.6 Å². The zero-order valence-corrected chi connectivity index (χ0v) is 13.2. The van der Waals surface area contributed by atoms with E-state index >= 15 is 0 Å². The van der Waals surface area contributed by atoms with E-state index in [1.165, 1.54) is 10.5 Å². The minimum atomic E-state index is -0.0858. The van der Waals surface area contributed by atoms with Gasteiger partial charge in [0.05, 0.1) is 12.4 Å². The molecule has 1 aliphatic heterocycles. The van der Waals surface area contributed by atoms with Crippen molar-refractivity contribution >= 4 is 17.8 Å². The summed E-state index contributed by atoms with van der Waals surface area (Å²) in [7, 11) is 0. The lowest BCUT2D eigenvalue weighted by Crippen LogP contribution is -2.39. The highest BCUT2D eigenvalue weighted by Crippen LogP contribution is 2.35. The predicted octanol–water partition coefficient (Wildman–Crippen LogP) is 2.81. The highest BCUT2D eigenvalue weighted by molar-refractivity contribution is 7.99. The van der Waals surface area contributed by atoms with E-state index in [-0.39, 0.29) is 12.1 Å². The average molecular weight is 316 g/mol. The van der Waals surface area contributed by atoms with Crippen molar-refractivity contribution in [1.82, 2.24) is 20.2 Å². The lowest BCUT2D eigenvalue weighted by molar-refractivity contribution is 0.236. The first-order valence-electron chi connectivity index (χ1n) is 7.55. The summed E-state index contributed by atoms with van der Waals surface area (Å²) in [6.07, 6.45) is 7.34. The van der Waals surface area contributed by atoms with E-state index in [4.69, 9.17) is 0 Å². The molecule has 1 aromatic heterocycles. The van der Waals surface area contributed by atoms with Gasteiger partial charge in [0.25, 0.3) is 0 Å². The molecule has 0 fully saturated rings. The Hall–Kier alpha value is -1.95. The van der Waals surface area contributed by atoms with Crippen LogP contribution >= 0.6 is 11.8 Å². The van der Waals surface area contributed by atoms with Gasteiger partial charge in [-0.05, 0) is 24.5 Å². The number of thioether (sulfide) groups is 1. The molecule has 2 heterocycles. The molecule has 2 aromatic rings. The summed E-state index contributed by atoms with van der Waals surface area (Å²) in [5.41, 5.74) is 1.23. The third-order valence-electron chi connectivity index (χ3n) is 3.70. The smallest absolute Gasteiger partial charge is 0.315 e. The zero-order valence-electron chi connectivity index (χ0n) is 12.4. The molecule has 0 bridgehead atoms. The number of fused-ring (bicyclic) bond motifs is 1. The van der Waals surface area contributed by atoms with Gasteiger partial charge in [-0.15, -0.1) is 11.8 Å². The molecule has 1 atom stereocenters. The molecule has 0 saturated heterocycles. The standard InChI is InChI=1S/C16H20N4OS/c21-16(18-7-3-9-20-10-8-17-12-20)19-14-6-11-22-15-5-2-1-4-13(14)15/h1-2,4-5,8,10,12,14H,3,6-7,9,11H2,(H2,18,19,21)/t14-/m0/s1. The number of aryl methyl sites for hydroxylation is 1. The van der Waals surface area contributed by atoms with E-state index in [1.807, 2.05) is 34.7 Å². The van der Waals surface area contributed by atoms with E-state index in [2.05, 4.69) is 27.8 Å². The molecular weight excluding hydrogens is 296 g/mol. The van der Waals surface area contributed by atoms with Crippen molar-refractivity contribution in [1.29, 1.82) is 0 Å². The molecule has 0 aliphatic carbocycles. The third kappa shape index (κ3) is 3.82. The maximum absolute atomic E-state index is 12.0. The van der Waals surface area contributed by atoms with E-state index in [0.29, 0.717) is 6.54 Å². The number of carbonyl (C=O) groups is 1. The van der Waals surface area contributed by atoms with Crippen molar-refractivity contribution in [2.24, 2.45) is 0 Å². The normalized spacial score (nSPS) is 16.8. The van der Waals surface area contributed by atoms with Crippen molar-refractivity contribution < 1.29 is 4.79 Å². The average Bonchev–Trinajstić information content (AvgIpc) is 3.05. The Morgan fingerprint density at radius 2 is 2.32 bits per heavy atom. The quantitative estimate of drug-likeness (QED) is 0.834. The Balaban J connectivity index is 1.44. The molecule has 5 nitrogen and oxygen atoms in total. The fourth-order valence-electron chi connectivity index (χ4n) is 2.58. The summed E-state index contributed by atoms with van der Waals surface area (Å²) in [4.78, 5) is 17.3. The van der Waals surface area contributed by atoms with Crippen LogP contribution in [0.1, 0.15) is 24.4 Å². The summed E-state index contributed by atoms with van der Waals surface area (Å²) < 4.78 is 2.01. The molecule has 2 amide bonds. The van der Waals surface area contributed by atoms with Crippen molar-refractivity contribution in [3.05, 3.63) is 48.5 Å². The van der Waals surface area contributed by atoms with Gasteiger partial charge in [0.1, 0.15) is 0 Å². The molecule has 0 saturated carbocycles. The first-order chi connectivity index (χ1) is 10.8. The molecule has 1 aromatic carbocycles. The molecule has 22 heavy (non-hydrogen) atoms.